The van der Waals surface area contributed by atoms with Gasteiger partial charge in [0.25, 0.3) is 0 Å². The smallest absolute Gasteiger partial charge is 0.0450 e. The van der Waals surface area contributed by atoms with Crippen LogP contribution < -0.4 is 5.73 Å². The van der Waals surface area contributed by atoms with E-state index in [0.717, 1.165) is 12.5 Å². The summed E-state index contributed by atoms with van der Waals surface area (Å²) in [4.78, 5) is 2.37. The molecule has 0 bridgehead atoms. The van der Waals surface area contributed by atoms with Crippen molar-refractivity contribution in [3.63, 3.8) is 0 Å². The molecule has 0 aliphatic rings. The molecule has 1 aromatic rings. The molecular formula is C15H26N2. The predicted octanol–water partition coefficient (Wildman–Crippen LogP) is 3.05. The second kappa shape index (κ2) is 6.77. The molecule has 0 saturated heterocycles. The zero-order chi connectivity index (χ0) is 12.8. The fourth-order valence-electron chi connectivity index (χ4n) is 2.01. The molecule has 2 nitrogen and oxygen atoms in total. The summed E-state index contributed by atoms with van der Waals surface area (Å²) in [5, 5.41) is 0. The lowest BCUT2D eigenvalue weighted by atomic mass is 9.99. The first-order valence-corrected chi connectivity index (χ1v) is 6.57. The van der Waals surface area contributed by atoms with Crippen molar-refractivity contribution in [2.24, 2.45) is 11.7 Å². The number of nitrogens with zero attached hydrogens (tertiary/aromatic N) is 1. The molecule has 0 aliphatic heterocycles. The van der Waals surface area contributed by atoms with Crippen molar-refractivity contribution in [1.82, 2.24) is 4.90 Å². The largest absolute Gasteiger partial charge is 0.323 e. The van der Waals surface area contributed by atoms with Crippen molar-refractivity contribution >= 4 is 0 Å². The molecule has 0 spiro atoms. The number of nitrogens with two attached hydrogens (primary N) is 1. The second-order valence-corrected chi connectivity index (χ2v) is 5.13. The zero-order valence-corrected chi connectivity index (χ0v) is 11.6. The summed E-state index contributed by atoms with van der Waals surface area (Å²) in [6.45, 7) is 7.84. The van der Waals surface area contributed by atoms with E-state index in [2.05, 4.69) is 57.0 Å². The molecule has 0 heterocycles. The van der Waals surface area contributed by atoms with Gasteiger partial charge in [-0.05, 0) is 25.5 Å². The molecule has 2 N–H and O–H groups in total. The van der Waals surface area contributed by atoms with E-state index in [1.165, 1.54) is 12.0 Å². The van der Waals surface area contributed by atoms with Crippen LogP contribution in [0.25, 0.3) is 0 Å². The van der Waals surface area contributed by atoms with Crippen LogP contribution >= 0.6 is 0 Å². The molecule has 3 atom stereocenters. The minimum absolute atomic E-state index is 0.0882. The Hall–Kier alpha value is -0.860. The normalized spacial score (nSPS) is 16.8. The highest BCUT2D eigenvalue weighted by molar-refractivity contribution is 5.19. The Kier molecular flexibility index (Phi) is 5.66. The molecule has 1 rings (SSSR count). The highest BCUT2D eigenvalue weighted by atomic mass is 15.1. The Labute approximate surface area is 106 Å². The van der Waals surface area contributed by atoms with Gasteiger partial charge in [-0.15, -0.1) is 0 Å². The number of benzene rings is 1. The molecule has 0 saturated carbocycles. The van der Waals surface area contributed by atoms with E-state index in [0.29, 0.717) is 6.04 Å². The van der Waals surface area contributed by atoms with Crippen molar-refractivity contribution in [3.8, 4) is 0 Å². The summed E-state index contributed by atoms with van der Waals surface area (Å²) in [5.74, 6) is 0.727. The molecule has 17 heavy (non-hydrogen) atoms. The van der Waals surface area contributed by atoms with Gasteiger partial charge in [0.2, 0.25) is 0 Å². The van der Waals surface area contributed by atoms with Crippen LogP contribution in [-0.2, 0) is 0 Å². The van der Waals surface area contributed by atoms with E-state index in [1.54, 1.807) is 0 Å². The Bertz CT molecular complexity index is 310. The zero-order valence-electron chi connectivity index (χ0n) is 11.6. The van der Waals surface area contributed by atoms with E-state index in [-0.39, 0.29) is 6.04 Å². The van der Waals surface area contributed by atoms with Gasteiger partial charge in [-0.25, -0.2) is 0 Å². The van der Waals surface area contributed by atoms with Gasteiger partial charge >= 0.3 is 0 Å². The molecule has 1 aromatic carbocycles. The van der Waals surface area contributed by atoms with Crippen LogP contribution in [0.1, 0.15) is 38.8 Å². The van der Waals surface area contributed by atoms with E-state index < -0.39 is 0 Å². The minimum atomic E-state index is 0.0882. The molecule has 0 amide bonds. The Balaban J connectivity index is 2.60. The van der Waals surface area contributed by atoms with Gasteiger partial charge in [0.1, 0.15) is 0 Å². The lowest BCUT2D eigenvalue weighted by Crippen LogP contribution is -2.40. The number of hydrogen-bond donors (Lipinski definition) is 1. The molecule has 0 fully saturated rings. The lowest BCUT2D eigenvalue weighted by molar-refractivity contribution is 0.197. The topological polar surface area (TPSA) is 29.3 Å². The fraction of sp³-hybridized carbons (Fsp3) is 0.600. The monoisotopic (exact) mass is 234 g/mol. The van der Waals surface area contributed by atoms with Crippen molar-refractivity contribution in [3.05, 3.63) is 35.9 Å². The van der Waals surface area contributed by atoms with Gasteiger partial charge in [0.05, 0.1) is 0 Å². The third kappa shape index (κ3) is 4.14. The van der Waals surface area contributed by atoms with Crippen LogP contribution in [0.15, 0.2) is 30.3 Å². The summed E-state index contributed by atoms with van der Waals surface area (Å²) in [7, 11) is 2.17. The van der Waals surface area contributed by atoms with Crippen LogP contribution in [0.2, 0.25) is 0 Å². The first kappa shape index (κ1) is 14.2. The molecule has 96 valence electrons. The third-order valence-electron chi connectivity index (χ3n) is 3.70. The van der Waals surface area contributed by atoms with Gasteiger partial charge in [-0.2, -0.15) is 0 Å². The SMILES string of the molecule is CCC(C)CN(C)C(C)[C@H](N)c1ccccc1. The van der Waals surface area contributed by atoms with Gasteiger partial charge in [-0.3, -0.25) is 0 Å². The highest BCUT2D eigenvalue weighted by Crippen LogP contribution is 2.18. The third-order valence-corrected chi connectivity index (χ3v) is 3.70. The van der Waals surface area contributed by atoms with Crippen molar-refractivity contribution in [1.29, 1.82) is 0 Å². The number of rotatable bonds is 6. The molecule has 2 unspecified atom stereocenters. The molecule has 0 aliphatic carbocycles. The number of likely N-dealkylation sites (N-methyl/N-ethyl adjacent to an activating group) is 1. The summed E-state index contributed by atoms with van der Waals surface area (Å²) in [6, 6.07) is 10.8. The molecular weight excluding hydrogens is 208 g/mol. The fourth-order valence-corrected chi connectivity index (χ4v) is 2.01. The summed E-state index contributed by atoms with van der Waals surface area (Å²) < 4.78 is 0. The minimum Gasteiger partial charge on any atom is -0.323 e. The average molecular weight is 234 g/mol. The quantitative estimate of drug-likeness (QED) is 0.819. The van der Waals surface area contributed by atoms with Crippen LogP contribution in [0.3, 0.4) is 0 Å². The maximum absolute atomic E-state index is 6.31. The number of hydrogen-bond acceptors (Lipinski definition) is 2. The van der Waals surface area contributed by atoms with Crippen LogP contribution in [0.4, 0.5) is 0 Å². The van der Waals surface area contributed by atoms with Gasteiger partial charge in [0.15, 0.2) is 0 Å². The van der Waals surface area contributed by atoms with E-state index in [9.17, 15) is 0 Å². The maximum Gasteiger partial charge on any atom is 0.0450 e. The molecule has 0 aromatic heterocycles. The predicted molar refractivity (Wildman–Crippen MR) is 74.9 cm³/mol. The van der Waals surface area contributed by atoms with Gasteiger partial charge in [-0.1, -0.05) is 50.6 Å². The Morgan fingerprint density at radius 2 is 1.76 bits per heavy atom. The summed E-state index contributed by atoms with van der Waals surface area (Å²) in [6.07, 6.45) is 1.22. The van der Waals surface area contributed by atoms with Crippen LogP contribution in [0, 0.1) is 5.92 Å². The van der Waals surface area contributed by atoms with Crippen molar-refractivity contribution < 1.29 is 0 Å². The van der Waals surface area contributed by atoms with Gasteiger partial charge < -0.3 is 10.6 Å². The Morgan fingerprint density at radius 3 is 2.29 bits per heavy atom. The average Bonchev–Trinajstić information content (AvgIpc) is 2.37. The van der Waals surface area contributed by atoms with Crippen LogP contribution in [0.5, 0.6) is 0 Å². The van der Waals surface area contributed by atoms with E-state index >= 15 is 0 Å². The van der Waals surface area contributed by atoms with Crippen LogP contribution in [-0.4, -0.2) is 24.5 Å². The first-order valence-electron chi connectivity index (χ1n) is 6.57. The van der Waals surface area contributed by atoms with Crippen molar-refractivity contribution in [2.75, 3.05) is 13.6 Å². The molecule has 0 radical (unpaired) electrons. The molecule has 2 heteroatoms. The maximum atomic E-state index is 6.31. The van der Waals surface area contributed by atoms with E-state index in [4.69, 9.17) is 5.73 Å². The Morgan fingerprint density at radius 1 is 1.18 bits per heavy atom. The van der Waals surface area contributed by atoms with E-state index in [1.807, 2.05) is 6.07 Å². The standard InChI is InChI=1S/C15H26N2/c1-5-12(2)11-17(4)13(3)15(16)14-9-7-6-8-10-14/h6-10,12-13,15H,5,11,16H2,1-4H3/t12?,13?,15-/m0/s1. The summed E-state index contributed by atoms with van der Waals surface area (Å²) >= 11 is 0. The second-order valence-electron chi connectivity index (χ2n) is 5.13. The summed E-state index contributed by atoms with van der Waals surface area (Å²) in [5.41, 5.74) is 7.53. The first-order chi connectivity index (χ1) is 8.06. The highest BCUT2D eigenvalue weighted by Gasteiger charge is 2.19. The van der Waals surface area contributed by atoms with Crippen molar-refractivity contribution in [2.45, 2.75) is 39.3 Å². The lowest BCUT2D eigenvalue weighted by Gasteiger charge is -2.31. The van der Waals surface area contributed by atoms with Gasteiger partial charge in [0, 0.05) is 18.6 Å².